The number of amides is 1. The predicted octanol–water partition coefficient (Wildman–Crippen LogP) is 4.45. The molecular formula is C23H21ClN8OS. The van der Waals surface area contributed by atoms with E-state index in [9.17, 15) is 10.1 Å². The van der Waals surface area contributed by atoms with Crippen molar-refractivity contribution in [3.05, 3.63) is 76.9 Å². The van der Waals surface area contributed by atoms with Crippen molar-refractivity contribution < 1.29 is 4.79 Å². The number of hydrogen-bond acceptors (Lipinski definition) is 7. The van der Waals surface area contributed by atoms with Crippen LogP contribution in [0.4, 0.5) is 11.8 Å². The number of rotatable bonds is 8. The van der Waals surface area contributed by atoms with Crippen LogP contribution < -0.4 is 11.1 Å². The molecule has 0 spiro atoms. The quantitative estimate of drug-likeness (QED) is 0.347. The van der Waals surface area contributed by atoms with Crippen molar-refractivity contribution in [2.24, 2.45) is 0 Å². The summed E-state index contributed by atoms with van der Waals surface area (Å²) in [6, 6.07) is 18.2. The number of carbonyl (C=O) groups excluding carboxylic acids is 1. The fourth-order valence-electron chi connectivity index (χ4n) is 3.44. The van der Waals surface area contributed by atoms with Gasteiger partial charge in [-0.1, -0.05) is 66.7 Å². The summed E-state index contributed by atoms with van der Waals surface area (Å²) in [7, 11) is 0. The molecule has 0 aliphatic rings. The molecule has 0 fully saturated rings. The molecule has 11 heteroatoms. The number of aromatic nitrogens is 5. The first kappa shape index (κ1) is 23.4. The van der Waals surface area contributed by atoms with E-state index in [-0.39, 0.29) is 23.2 Å². The topological polar surface area (TPSA) is 127 Å². The van der Waals surface area contributed by atoms with E-state index in [4.69, 9.17) is 17.3 Å². The Balaban J connectivity index is 1.60. The summed E-state index contributed by atoms with van der Waals surface area (Å²) >= 11 is 7.66. The summed E-state index contributed by atoms with van der Waals surface area (Å²) in [5.41, 5.74) is 8.00. The van der Waals surface area contributed by atoms with E-state index in [0.29, 0.717) is 28.0 Å². The highest BCUT2D eigenvalue weighted by Crippen LogP contribution is 2.30. The normalized spacial score (nSPS) is 11.7. The lowest BCUT2D eigenvalue weighted by atomic mass is 10.2. The van der Waals surface area contributed by atoms with Gasteiger partial charge in [0.2, 0.25) is 11.9 Å². The van der Waals surface area contributed by atoms with E-state index in [1.807, 2.05) is 61.5 Å². The number of thioether (sulfide) groups is 1. The van der Waals surface area contributed by atoms with Gasteiger partial charge in [-0.05, 0) is 30.2 Å². The molecule has 4 aromatic rings. The van der Waals surface area contributed by atoms with Crippen LogP contribution in [0.5, 0.6) is 0 Å². The van der Waals surface area contributed by atoms with Gasteiger partial charge in [0.05, 0.1) is 11.9 Å². The molecular weight excluding hydrogens is 472 g/mol. The van der Waals surface area contributed by atoms with Gasteiger partial charge >= 0.3 is 0 Å². The van der Waals surface area contributed by atoms with E-state index in [2.05, 4.69) is 26.7 Å². The number of hydrogen-bond donors (Lipinski definition) is 2. The van der Waals surface area contributed by atoms with Crippen LogP contribution in [0.2, 0.25) is 5.02 Å². The molecule has 0 radical (unpaired) electrons. The van der Waals surface area contributed by atoms with Crippen molar-refractivity contribution in [1.29, 1.82) is 5.26 Å². The van der Waals surface area contributed by atoms with Crippen molar-refractivity contribution in [3.8, 4) is 11.8 Å². The average Bonchev–Trinajstić information content (AvgIpc) is 3.43. The Hall–Kier alpha value is -3.81. The molecule has 0 saturated heterocycles. The maximum absolute atomic E-state index is 13.4. The maximum Gasteiger partial charge on any atom is 0.248 e. The fraction of sp³-hybridized carbons (Fsp3) is 0.174. The van der Waals surface area contributed by atoms with Crippen molar-refractivity contribution >= 4 is 41.0 Å². The van der Waals surface area contributed by atoms with Gasteiger partial charge in [-0.2, -0.15) is 10.4 Å². The summed E-state index contributed by atoms with van der Waals surface area (Å²) in [4.78, 5) is 13.4. The smallest absolute Gasteiger partial charge is 0.248 e. The van der Waals surface area contributed by atoms with Crippen LogP contribution in [-0.2, 0) is 10.5 Å². The molecule has 1 unspecified atom stereocenters. The van der Waals surface area contributed by atoms with Gasteiger partial charge in [0.1, 0.15) is 17.7 Å². The first-order valence-electron chi connectivity index (χ1n) is 10.4. The zero-order chi connectivity index (χ0) is 24.1. The average molecular weight is 493 g/mol. The monoisotopic (exact) mass is 492 g/mol. The Morgan fingerprint density at radius 2 is 1.94 bits per heavy atom. The van der Waals surface area contributed by atoms with E-state index in [1.54, 1.807) is 4.57 Å². The lowest BCUT2D eigenvalue weighted by Gasteiger charge is -2.19. The van der Waals surface area contributed by atoms with Crippen LogP contribution in [0, 0.1) is 11.3 Å². The molecule has 0 aliphatic heterocycles. The Kier molecular flexibility index (Phi) is 7.15. The number of nitrogens with two attached hydrogens (primary N) is 1. The van der Waals surface area contributed by atoms with Crippen LogP contribution in [0.3, 0.4) is 0 Å². The lowest BCUT2D eigenvalue weighted by Crippen LogP contribution is -2.28. The summed E-state index contributed by atoms with van der Waals surface area (Å²) in [6.45, 7) is 1.87. The predicted molar refractivity (Wildman–Crippen MR) is 132 cm³/mol. The number of carbonyl (C=O) groups is 1. The minimum absolute atomic E-state index is 0.126. The fourth-order valence-corrected chi connectivity index (χ4v) is 4.71. The highest BCUT2D eigenvalue weighted by molar-refractivity contribution is 7.98. The van der Waals surface area contributed by atoms with Crippen LogP contribution in [0.15, 0.2) is 66.0 Å². The molecule has 1 amide bonds. The SMILES string of the molecule is CCC(C(=O)Nc1c(C#N)cnn1-c1ccccc1)n1c(N)nnc1SCc1ccccc1Cl. The Morgan fingerprint density at radius 1 is 1.21 bits per heavy atom. The van der Waals surface area contributed by atoms with Gasteiger partial charge in [-0.15, -0.1) is 10.2 Å². The van der Waals surface area contributed by atoms with Gasteiger partial charge in [-0.25, -0.2) is 4.68 Å². The number of halogens is 1. The second kappa shape index (κ2) is 10.4. The zero-order valence-electron chi connectivity index (χ0n) is 18.2. The first-order valence-corrected chi connectivity index (χ1v) is 11.8. The highest BCUT2D eigenvalue weighted by Gasteiger charge is 2.27. The summed E-state index contributed by atoms with van der Waals surface area (Å²) in [5, 5.41) is 26.0. The third kappa shape index (κ3) is 4.76. The number of anilines is 2. The molecule has 1 atom stereocenters. The number of nitrogens with zero attached hydrogens (tertiary/aromatic N) is 6. The van der Waals surface area contributed by atoms with Crippen LogP contribution in [0.1, 0.15) is 30.5 Å². The number of nitriles is 1. The van der Waals surface area contributed by atoms with Crippen LogP contribution in [0.25, 0.3) is 5.69 Å². The van der Waals surface area contributed by atoms with Crippen LogP contribution >= 0.6 is 23.4 Å². The van der Waals surface area contributed by atoms with Gasteiger partial charge in [0, 0.05) is 10.8 Å². The molecule has 2 aromatic carbocycles. The summed E-state index contributed by atoms with van der Waals surface area (Å²) < 4.78 is 3.12. The van der Waals surface area contributed by atoms with Gasteiger partial charge < -0.3 is 11.1 Å². The molecule has 172 valence electrons. The number of para-hydroxylation sites is 1. The summed E-state index contributed by atoms with van der Waals surface area (Å²) in [6.07, 6.45) is 1.84. The van der Waals surface area contributed by atoms with Crippen molar-refractivity contribution in [1.82, 2.24) is 24.5 Å². The second-order valence-corrected chi connectivity index (χ2v) is 8.62. The Morgan fingerprint density at radius 3 is 2.65 bits per heavy atom. The molecule has 0 bridgehead atoms. The van der Waals surface area contributed by atoms with E-state index in [0.717, 1.165) is 5.56 Å². The first-order chi connectivity index (χ1) is 16.5. The minimum atomic E-state index is -0.700. The highest BCUT2D eigenvalue weighted by atomic mass is 35.5. The number of nitrogens with one attached hydrogen (secondary N) is 1. The second-order valence-electron chi connectivity index (χ2n) is 7.27. The largest absolute Gasteiger partial charge is 0.368 e. The zero-order valence-corrected chi connectivity index (χ0v) is 19.8. The Labute approximate surface area is 205 Å². The third-order valence-corrected chi connectivity index (χ3v) is 6.50. The van der Waals surface area contributed by atoms with Crippen molar-refractivity contribution in [2.75, 3.05) is 11.1 Å². The number of benzene rings is 2. The van der Waals surface area contributed by atoms with E-state index >= 15 is 0 Å². The van der Waals surface area contributed by atoms with Crippen molar-refractivity contribution in [3.63, 3.8) is 0 Å². The molecule has 2 aromatic heterocycles. The lowest BCUT2D eigenvalue weighted by molar-refractivity contribution is -0.119. The van der Waals surface area contributed by atoms with E-state index in [1.165, 1.54) is 22.6 Å². The number of nitrogen functional groups attached to an aromatic ring is 1. The van der Waals surface area contributed by atoms with Crippen molar-refractivity contribution in [2.45, 2.75) is 30.3 Å². The summed E-state index contributed by atoms with van der Waals surface area (Å²) in [5.74, 6) is 0.590. The molecule has 34 heavy (non-hydrogen) atoms. The standard InChI is InChI=1S/C23H21ClN8OS/c1-2-19(31-22(26)29-30-23(31)34-14-15-8-6-7-11-18(15)24)21(33)28-20-16(12-25)13-27-32(20)17-9-4-3-5-10-17/h3-11,13,19H,2,14H2,1H3,(H2,26,29)(H,28,33). The maximum atomic E-state index is 13.4. The molecule has 2 heterocycles. The van der Waals surface area contributed by atoms with E-state index < -0.39 is 6.04 Å². The van der Waals surface area contributed by atoms with Crippen LogP contribution in [-0.4, -0.2) is 30.5 Å². The van der Waals surface area contributed by atoms with Gasteiger partial charge in [0.15, 0.2) is 11.0 Å². The molecule has 9 nitrogen and oxygen atoms in total. The van der Waals surface area contributed by atoms with Gasteiger partial charge in [0.25, 0.3) is 0 Å². The Bertz CT molecular complexity index is 1340. The third-order valence-electron chi connectivity index (χ3n) is 5.14. The minimum Gasteiger partial charge on any atom is -0.368 e. The molecule has 0 aliphatic carbocycles. The van der Waals surface area contributed by atoms with Gasteiger partial charge in [-0.3, -0.25) is 9.36 Å². The molecule has 0 saturated carbocycles. The molecule has 3 N–H and O–H groups in total. The molecule has 4 rings (SSSR count).